The predicted octanol–water partition coefficient (Wildman–Crippen LogP) is 3.58. The Labute approximate surface area is 167 Å². The number of benzene rings is 2. The van der Waals surface area contributed by atoms with Crippen molar-refractivity contribution in [2.75, 3.05) is 18.0 Å². The number of amides is 1. The molecule has 0 spiro atoms. The van der Waals surface area contributed by atoms with E-state index in [1.807, 2.05) is 25.1 Å². The Bertz CT molecular complexity index is 1070. The summed E-state index contributed by atoms with van der Waals surface area (Å²) in [6, 6.07) is 7.84. The first-order valence-corrected chi connectivity index (χ1v) is 10.7. The van der Waals surface area contributed by atoms with Crippen LogP contribution in [0.1, 0.15) is 24.0 Å². The molecule has 2 aliphatic heterocycles. The Morgan fingerprint density at radius 1 is 1.10 bits per heavy atom. The highest BCUT2D eigenvalue weighted by molar-refractivity contribution is 7.89. The number of rotatable bonds is 3. The highest BCUT2D eigenvalue weighted by Crippen LogP contribution is 2.35. The lowest BCUT2D eigenvalue weighted by Crippen LogP contribution is -2.50. The van der Waals surface area contributed by atoms with Crippen molar-refractivity contribution >= 4 is 21.8 Å². The summed E-state index contributed by atoms with van der Waals surface area (Å²) in [5, 5.41) is 0. The lowest BCUT2D eigenvalue weighted by Gasteiger charge is -2.40. The summed E-state index contributed by atoms with van der Waals surface area (Å²) in [7, 11) is -4.17. The van der Waals surface area contributed by atoms with E-state index in [0.29, 0.717) is 18.9 Å². The van der Waals surface area contributed by atoms with Crippen LogP contribution in [0.25, 0.3) is 0 Å². The third kappa shape index (κ3) is 3.49. The number of halogens is 2. The van der Waals surface area contributed by atoms with Crippen molar-refractivity contribution in [3.8, 4) is 0 Å². The van der Waals surface area contributed by atoms with Gasteiger partial charge in [-0.1, -0.05) is 18.2 Å². The SMILES string of the molecule is Cc1cccc2c1N(C1CCN(S(=O)(=O)c3cc(F)ccc3F)CC1)C(=O)OC2. The van der Waals surface area contributed by atoms with Crippen LogP contribution in [-0.2, 0) is 21.4 Å². The van der Waals surface area contributed by atoms with Gasteiger partial charge < -0.3 is 4.74 Å². The van der Waals surface area contributed by atoms with Crippen molar-refractivity contribution in [2.45, 2.75) is 37.3 Å². The van der Waals surface area contributed by atoms with Gasteiger partial charge in [0.25, 0.3) is 0 Å². The maximum absolute atomic E-state index is 14.0. The van der Waals surface area contributed by atoms with Gasteiger partial charge in [-0.25, -0.2) is 22.0 Å². The monoisotopic (exact) mass is 422 g/mol. The summed E-state index contributed by atoms with van der Waals surface area (Å²) in [6.45, 7) is 2.30. The fourth-order valence-electron chi connectivity index (χ4n) is 3.97. The number of carbonyl (C=O) groups excluding carboxylic acids is 1. The van der Waals surface area contributed by atoms with Crippen LogP contribution in [-0.4, -0.2) is 37.9 Å². The first-order chi connectivity index (χ1) is 13.8. The number of ether oxygens (including phenoxy) is 1. The van der Waals surface area contributed by atoms with Crippen molar-refractivity contribution in [2.24, 2.45) is 0 Å². The second kappa shape index (κ2) is 7.38. The summed E-state index contributed by atoms with van der Waals surface area (Å²) >= 11 is 0. The Morgan fingerprint density at radius 2 is 1.83 bits per heavy atom. The Kier molecular flexibility index (Phi) is 5.04. The Morgan fingerprint density at radius 3 is 2.55 bits per heavy atom. The van der Waals surface area contributed by atoms with Gasteiger partial charge in [-0.05, 0) is 43.5 Å². The number of para-hydroxylation sites is 1. The van der Waals surface area contributed by atoms with Gasteiger partial charge in [-0.2, -0.15) is 4.31 Å². The molecule has 2 aromatic rings. The molecule has 0 aliphatic carbocycles. The van der Waals surface area contributed by atoms with E-state index in [0.717, 1.165) is 33.3 Å². The summed E-state index contributed by atoms with van der Waals surface area (Å²) < 4.78 is 59.4. The molecule has 1 saturated heterocycles. The fraction of sp³-hybridized carbons (Fsp3) is 0.350. The molecule has 0 saturated carbocycles. The molecular formula is C20H20F2N2O4S. The number of anilines is 1. The molecule has 1 fully saturated rings. The third-order valence-electron chi connectivity index (χ3n) is 5.41. The number of cyclic esters (lactones) is 1. The number of carbonyl (C=O) groups is 1. The molecule has 0 bridgehead atoms. The van der Waals surface area contributed by atoms with E-state index in [1.165, 1.54) is 0 Å². The number of sulfonamides is 1. The van der Waals surface area contributed by atoms with Crippen molar-refractivity contribution in [1.29, 1.82) is 0 Å². The molecule has 2 heterocycles. The van der Waals surface area contributed by atoms with E-state index >= 15 is 0 Å². The highest BCUT2D eigenvalue weighted by Gasteiger charge is 2.38. The van der Waals surface area contributed by atoms with Gasteiger partial charge in [-0.15, -0.1) is 0 Å². The maximum atomic E-state index is 14.0. The molecule has 4 rings (SSSR count). The molecule has 0 radical (unpaired) electrons. The standard InChI is InChI=1S/C20H20F2N2O4S/c1-13-3-2-4-14-12-28-20(25)24(19(13)14)16-7-9-23(10-8-16)29(26,27)18-11-15(21)5-6-17(18)22/h2-6,11,16H,7-10,12H2,1H3. The van der Waals surface area contributed by atoms with Crippen LogP contribution in [0.3, 0.4) is 0 Å². The van der Waals surface area contributed by atoms with E-state index in [-0.39, 0.29) is 25.7 Å². The summed E-state index contributed by atoms with van der Waals surface area (Å²) in [5.41, 5.74) is 2.65. The first kappa shape index (κ1) is 19.8. The summed E-state index contributed by atoms with van der Waals surface area (Å²) in [5.74, 6) is -1.80. The van der Waals surface area contributed by atoms with Crippen LogP contribution in [0, 0.1) is 18.6 Å². The lowest BCUT2D eigenvalue weighted by atomic mass is 10.00. The van der Waals surface area contributed by atoms with Crippen molar-refractivity contribution in [3.05, 3.63) is 59.2 Å². The van der Waals surface area contributed by atoms with Crippen LogP contribution in [0.15, 0.2) is 41.3 Å². The number of nitrogens with zero attached hydrogens (tertiary/aromatic N) is 2. The van der Waals surface area contributed by atoms with Crippen molar-refractivity contribution < 1.29 is 26.7 Å². The molecule has 0 unspecified atom stereocenters. The average molecular weight is 422 g/mol. The van der Waals surface area contributed by atoms with E-state index in [9.17, 15) is 22.0 Å². The van der Waals surface area contributed by atoms with E-state index in [2.05, 4.69) is 0 Å². The van der Waals surface area contributed by atoms with Gasteiger partial charge >= 0.3 is 6.09 Å². The summed E-state index contributed by atoms with van der Waals surface area (Å²) in [4.78, 5) is 13.4. The topological polar surface area (TPSA) is 66.9 Å². The fourth-order valence-corrected chi connectivity index (χ4v) is 5.51. The molecule has 9 heteroatoms. The predicted molar refractivity (Wildman–Crippen MR) is 102 cm³/mol. The van der Waals surface area contributed by atoms with Gasteiger partial charge in [0.05, 0.1) is 5.69 Å². The van der Waals surface area contributed by atoms with Crippen LogP contribution in [0.2, 0.25) is 0 Å². The largest absolute Gasteiger partial charge is 0.444 e. The van der Waals surface area contributed by atoms with Gasteiger partial charge in [-0.3, -0.25) is 4.90 Å². The van der Waals surface area contributed by atoms with Crippen LogP contribution in [0.4, 0.5) is 19.3 Å². The van der Waals surface area contributed by atoms with Gasteiger partial charge in [0.2, 0.25) is 10.0 Å². The molecule has 29 heavy (non-hydrogen) atoms. The lowest BCUT2D eigenvalue weighted by molar-refractivity contribution is 0.135. The van der Waals surface area contributed by atoms with Gasteiger partial charge in [0.15, 0.2) is 0 Å². The zero-order valence-electron chi connectivity index (χ0n) is 15.8. The van der Waals surface area contributed by atoms with Crippen LogP contribution < -0.4 is 4.90 Å². The molecule has 1 amide bonds. The molecule has 154 valence electrons. The molecule has 0 N–H and O–H groups in total. The Hall–Kier alpha value is -2.52. The van der Waals surface area contributed by atoms with Crippen LogP contribution in [0.5, 0.6) is 0 Å². The summed E-state index contributed by atoms with van der Waals surface area (Å²) in [6.07, 6.45) is 0.266. The second-order valence-electron chi connectivity index (χ2n) is 7.22. The zero-order valence-corrected chi connectivity index (χ0v) is 16.6. The molecule has 2 aromatic carbocycles. The second-order valence-corrected chi connectivity index (χ2v) is 9.12. The van der Waals surface area contributed by atoms with E-state index in [4.69, 9.17) is 4.74 Å². The molecule has 2 aliphatic rings. The van der Waals surface area contributed by atoms with Crippen molar-refractivity contribution in [1.82, 2.24) is 4.31 Å². The molecule has 6 nitrogen and oxygen atoms in total. The van der Waals surface area contributed by atoms with Gasteiger partial charge in [0.1, 0.15) is 23.1 Å². The number of hydrogen-bond donors (Lipinski definition) is 0. The highest BCUT2D eigenvalue weighted by atomic mass is 32.2. The minimum atomic E-state index is -4.17. The average Bonchev–Trinajstić information content (AvgIpc) is 2.70. The van der Waals surface area contributed by atoms with Gasteiger partial charge in [0, 0.05) is 24.7 Å². The normalized spacial score (nSPS) is 18.4. The number of hydrogen-bond acceptors (Lipinski definition) is 4. The smallest absolute Gasteiger partial charge is 0.414 e. The number of piperidine rings is 1. The minimum absolute atomic E-state index is 0.0912. The molecule has 0 atom stereocenters. The van der Waals surface area contributed by atoms with E-state index in [1.54, 1.807) is 4.90 Å². The Balaban J connectivity index is 1.56. The molecular weight excluding hydrogens is 402 g/mol. The third-order valence-corrected chi connectivity index (χ3v) is 7.32. The first-order valence-electron chi connectivity index (χ1n) is 9.28. The van der Waals surface area contributed by atoms with E-state index < -0.39 is 32.6 Å². The number of aryl methyl sites for hydroxylation is 1. The zero-order chi connectivity index (χ0) is 20.8. The van der Waals surface area contributed by atoms with Crippen molar-refractivity contribution in [3.63, 3.8) is 0 Å². The van der Waals surface area contributed by atoms with Crippen LogP contribution >= 0.6 is 0 Å². The molecule has 0 aromatic heterocycles. The minimum Gasteiger partial charge on any atom is -0.444 e. The maximum Gasteiger partial charge on any atom is 0.414 e. The quantitative estimate of drug-likeness (QED) is 0.758. The number of fused-ring (bicyclic) bond motifs is 1.